The van der Waals surface area contributed by atoms with Crippen molar-refractivity contribution in [2.24, 2.45) is 0 Å². The van der Waals surface area contributed by atoms with Gasteiger partial charge in [-0.1, -0.05) is 6.08 Å². The van der Waals surface area contributed by atoms with E-state index in [1.54, 1.807) is 18.2 Å². The normalized spacial score (nSPS) is 18.9. The van der Waals surface area contributed by atoms with E-state index in [1.165, 1.54) is 18.4 Å². The average molecular weight is 272 g/mol. The lowest BCUT2D eigenvalue weighted by atomic mass is 10.1. The van der Waals surface area contributed by atoms with Gasteiger partial charge in [0.2, 0.25) is 0 Å². The highest BCUT2D eigenvalue weighted by molar-refractivity contribution is 6.00. The molecule has 1 aliphatic rings. The average Bonchev–Trinajstić information content (AvgIpc) is 3.01. The van der Waals surface area contributed by atoms with Crippen LogP contribution >= 0.6 is 0 Å². The number of carbonyl (C=O) groups is 2. The predicted molar refractivity (Wildman–Crippen MR) is 74.8 cm³/mol. The first-order valence-electron chi connectivity index (χ1n) is 6.37. The van der Waals surface area contributed by atoms with E-state index < -0.39 is 12.1 Å². The maximum atomic E-state index is 11.8. The first-order valence-corrected chi connectivity index (χ1v) is 6.37. The topological polar surface area (TPSA) is 56.5 Å². The van der Waals surface area contributed by atoms with Crippen LogP contribution in [0.25, 0.3) is 6.08 Å². The number of Topliss-reactive ketones (excluding diaryl/α,β-unsaturated/α-hetero) is 1. The van der Waals surface area contributed by atoms with Crippen LogP contribution in [0.4, 0.5) is 0 Å². The fourth-order valence-corrected chi connectivity index (χ4v) is 2.12. The van der Waals surface area contributed by atoms with Crippen molar-refractivity contribution in [1.29, 1.82) is 0 Å². The van der Waals surface area contributed by atoms with E-state index in [1.807, 2.05) is 6.92 Å². The van der Waals surface area contributed by atoms with Crippen LogP contribution in [0.3, 0.4) is 0 Å². The van der Waals surface area contributed by atoms with Gasteiger partial charge in [-0.05, 0) is 37.1 Å². The number of ether oxygens (including phenoxy) is 1. The van der Waals surface area contributed by atoms with Crippen LogP contribution in [0, 0.1) is 0 Å². The minimum atomic E-state index is -0.488. The van der Waals surface area contributed by atoms with Crippen molar-refractivity contribution in [2.45, 2.75) is 25.9 Å². The van der Waals surface area contributed by atoms with Gasteiger partial charge in [-0.3, -0.25) is 4.79 Å². The fraction of sp³-hybridized carbons (Fsp3) is 0.250. The molecule has 0 saturated heterocycles. The second-order valence-electron chi connectivity index (χ2n) is 4.56. The molecule has 1 atom stereocenters. The second-order valence-corrected chi connectivity index (χ2v) is 4.56. The Kier molecular flexibility index (Phi) is 4.35. The molecular formula is C16H16O4. The third-order valence-corrected chi connectivity index (χ3v) is 3.20. The summed E-state index contributed by atoms with van der Waals surface area (Å²) in [5.74, 6) is 0.109. The summed E-state index contributed by atoms with van der Waals surface area (Å²) in [6.07, 6.45) is 6.29. The summed E-state index contributed by atoms with van der Waals surface area (Å²) in [6.45, 7) is 5.44. The molecule has 4 nitrogen and oxygen atoms in total. The quantitative estimate of drug-likeness (QED) is 0.469. The standard InChI is InChI=1S/C16H16O4/c1-3-5-13-11(2)15(10-14(13)17)20-16(18)8-7-12-6-4-9-19-12/h3-4,6-9,15H,1,5,10H2,2H3/b8-7-/t15-/m1/s1. The number of rotatable bonds is 5. The van der Waals surface area contributed by atoms with Crippen LogP contribution in [0.2, 0.25) is 0 Å². The van der Waals surface area contributed by atoms with Gasteiger partial charge in [-0.25, -0.2) is 4.79 Å². The van der Waals surface area contributed by atoms with Crippen molar-refractivity contribution < 1.29 is 18.7 Å². The Balaban J connectivity index is 1.98. The van der Waals surface area contributed by atoms with Crippen molar-refractivity contribution >= 4 is 17.8 Å². The summed E-state index contributed by atoms with van der Waals surface area (Å²) in [6, 6.07) is 3.46. The maximum absolute atomic E-state index is 11.8. The van der Waals surface area contributed by atoms with E-state index in [0.717, 1.165) is 5.57 Å². The number of allylic oxidation sites excluding steroid dienone is 2. The SMILES string of the molecule is C=CCC1=C(C)[C@H](OC(=O)/C=C\c2ccco2)CC1=O. The van der Waals surface area contributed by atoms with Gasteiger partial charge in [0.05, 0.1) is 12.7 Å². The summed E-state index contributed by atoms with van der Waals surface area (Å²) < 4.78 is 10.4. The van der Waals surface area contributed by atoms with E-state index in [0.29, 0.717) is 17.8 Å². The molecule has 0 N–H and O–H groups in total. The van der Waals surface area contributed by atoms with E-state index in [2.05, 4.69) is 6.58 Å². The van der Waals surface area contributed by atoms with Crippen LogP contribution in [-0.2, 0) is 14.3 Å². The molecule has 1 heterocycles. The number of hydrogen-bond donors (Lipinski definition) is 0. The highest BCUT2D eigenvalue weighted by Crippen LogP contribution is 2.28. The number of ketones is 1. The third-order valence-electron chi connectivity index (χ3n) is 3.20. The van der Waals surface area contributed by atoms with Crippen LogP contribution < -0.4 is 0 Å². The molecule has 0 unspecified atom stereocenters. The van der Waals surface area contributed by atoms with Crippen molar-refractivity contribution in [3.8, 4) is 0 Å². The van der Waals surface area contributed by atoms with Crippen molar-refractivity contribution in [1.82, 2.24) is 0 Å². The third kappa shape index (κ3) is 3.15. The summed E-state index contributed by atoms with van der Waals surface area (Å²) in [5.41, 5.74) is 1.52. The van der Waals surface area contributed by atoms with Gasteiger partial charge in [-0.2, -0.15) is 0 Å². The number of carbonyl (C=O) groups excluding carboxylic acids is 2. The lowest BCUT2D eigenvalue weighted by Gasteiger charge is -2.11. The van der Waals surface area contributed by atoms with E-state index in [-0.39, 0.29) is 12.2 Å². The molecule has 1 aromatic rings. The molecule has 2 rings (SSSR count). The number of furan rings is 1. The molecule has 1 aromatic heterocycles. The molecule has 0 amide bonds. The summed E-state index contributed by atoms with van der Waals surface area (Å²) in [7, 11) is 0. The van der Waals surface area contributed by atoms with E-state index in [9.17, 15) is 9.59 Å². The molecule has 0 aliphatic heterocycles. The Bertz CT molecular complexity index is 576. The molecule has 20 heavy (non-hydrogen) atoms. The lowest BCUT2D eigenvalue weighted by molar-refractivity contribution is -0.141. The zero-order chi connectivity index (χ0) is 14.5. The van der Waals surface area contributed by atoms with Gasteiger partial charge in [0.25, 0.3) is 0 Å². The predicted octanol–water partition coefficient (Wildman–Crippen LogP) is 3.07. The zero-order valence-corrected chi connectivity index (χ0v) is 11.3. The van der Waals surface area contributed by atoms with Crippen LogP contribution in [-0.4, -0.2) is 17.9 Å². The van der Waals surface area contributed by atoms with E-state index >= 15 is 0 Å². The van der Waals surface area contributed by atoms with Crippen LogP contribution in [0.15, 0.2) is 52.7 Å². The Morgan fingerprint density at radius 2 is 2.40 bits per heavy atom. The molecule has 104 valence electrons. The minimum absolute atomic E-state index is 0.0233. The highest BCUT2D eigenvalue weighted by Gasteiger charge is 2.30. The van der Waals surface area contributed by atoms with Crippen LogP contribution in [0.1, 0.15) is 25.5 Å². The highest BCUT2D eigenvalue weighted by atomic mass is 16.5. The molecule has 0 bridgehead atoms. The second kappa shape index (κ2) is 6.19. The van der Waals surface area contributed by atoms with Crippen molar-refractivity contribution in [2.75, 3.05) is 0 Å². The van der Waals surface area contributed by atoms with Gasteiger partial charge in [0, 0.05) is 11.6 Å². The van der Waals surface area contributed by atoms with Crippen molar-refractivity contribution in [3.05, 3.63) is 54.0 Å². The van der Waals surface area contributed by atoms with Gasteiger partial charge in [0.1, 0.15) is 11.9 Å². The van der Waals surface area contributed by atoms with Crippen LogP contribution in [0.5, 0.6) is 0 Å². The molecule has 0 saturated carbocycles. The lowest BCUT2D eigenvalue weighted by Crippen LogP contribution is -2.16. The molecule has 4 heteroatoms. The largest absolute Gasteiger partial charge is 0.465 e. The monoisotopic (exact) mass is 272 g/mol. The summed E-state index contributed by atoms with van der Waals surface area (Å²) >= 11 is 0. The molecule has 0 aromatic carbocycles. The van der Waals surface area contributed by atoms with Gasteiger partial charge < -0.3 is 9.15 Å². The Labute approximate surface area is 117 Å². The smallest absolute Gasteiger partial charge is 0.331 e. The van der Waals surface area contributed by atoms with Gasteiger partial charge in [-0.15, -0.1) is 6.58 Å². The Hall–Kier alpha value is -2.36. The minimum Gasteiger partial charge on any atom is -0.465 e. The summed E-state index contributed by atoms with van der Waals surface area (Å²) in [5, 5.41) is 0. The molecule has 0 spiro atoms. The summed E-state index contributed by atoms with van der Waals surface area (Å²) in [4.78, 5) is 23.5. The maximum Gasteiger partial charge on any atom is 0.331 e. The molecular weight excluding hydrogens is 256 g/mol. The van der Waals surface area contributed by atoms with Gasteiger partial charge >= 0.3 is 5.97 Å². The Morgan fingerprint density at radius 1 is 1.60 bits per heavy atom. The zero-order valence-electron chi connectivity index (χ0n) is 11.3. The first-order chi connectivity index (χ1) is 9.61. The fourth-order valence-electron chi connectivity index (χ4n) is 2.12. The number of hydrogen-bond acceptors (Lipinski definition) is 4. The van der Waals surface area contributed by atoms with Gasteiger partial charge in [0.15, 0.2) is 5.78 Å². The van der Waals surface area contributed by atoms with Crippen molar-refractivity contribution in [3.63, 3.8) is 0 Å². The van der Waals surface area contributed by atoms with E-state index in [4.69, 9.17) is 9.15 Å². The molecule has 0 radical (unpaired) electrons. The first kappa shape index (κ1) is 14.1. The Morgan fingerprint density at radius 3 is 3.05 bits per heavy atom. The molecule has 1 aliphatic carbocycles. The molecule has 0 fully saturated rings. The number of esters is 1.